The summed E-state index contributed by atoms with van der Waals surface area (Å²) in [6, 6.07) is 2.55. The predicted molar refractivity (Wildman–Crippen MR) is 74.7 cm³/mol. The van der Waals surface area contributed by atoms with E-state index in [4.69, 9.17) is 0 Å². The first-order chi connectivity index (χ1) is 9.62. The van der Waals surface area contributed by atoms with Crippen LogP contribution in [0.15, 0.2) is 18.2 Å². The smallest absolute Gasteiger partial charge is 0.385 e. The number of nitrogens with one attached hydrogen (secondary N) is 1. The first kappa shape index (κ1) is 17.4. The molecule has 0 spiro atoms. The molecular formula is C12H15F3N2O3S. The van der Waals surface area contributed by atoms with Crippen molar-refractivity contribution in [3.8, 4) is 0 Å². The van der Waals surface area contributed by atoms with Gasteiger partial charge in [-0.05, 0) is 12.5 Å². The number of non-ortho nitro benzene ring substituents is 1. The van der Waals surface area contributed by atoms with Crippen molar-refractivity contribution in [3.05, 3.63) is 33.9 Å². The monoisotopic (exact) mass is 324 g/mol. The fourth-order valence-corrected chi connectivity index (χ4v) is 2.06. The lowest BCUT2D eigenvalue weighted by atomic mass is 10.1. The van der Waals surface area contributed by atoms with Crippen LogP contribution in [0.2, 0.25) is 0 Å². The number of hydrogen-bond donors (Lipinski definition) is 1. The Kier molecular flexibility index (Phi) is 5.70. The van der Waals surface area contributed by atoms with Crippen molar-refractivity contribution < 1.29 is 22.3 Å². The van der Waals surface area contributed by atoms with E-state index < -0.39 is 33.2 Å². The van der Waals surface area contributed by atoms with Gasteiger partial charge in [0.2, 0.25) is 0 Å². The van der Waals surface area contributed by atoms with Gasteiger partial charge in [-0.1, -0.05) is 6.92 Å². The molecule has 0 aliphatic rings. The van der Waals surface area contributed by atoms with Crippen molar-refractivity contribution in [1.29, 1.82) is 0 Å². The second-order valence-electron chi connectivity index (χ2n) is 4.51. The van der Waals surface area contributed by atoms with Crippen molar-refractivity contribution in [2.45, 2.75) is 24.8 Å². The quantitative estimate of drug-likeness (QED) is 0.644. The maximum Gasteiger partial charge on any atom is 0.418 e. The van der Waals surface area contributed by atoms with Gasteiger partial charge in [-0.15, -0.1) is 0 Å². The molecule has 0 aliphatic heterocycles. The van der Waals surface area contributed by atoms with Crippen molar-refractivity contribution in [2.75, 3.05) is 18.1 Å². The number of anilines is 1. The summed E-state index contributed by atoms with van der Waals surface area (Å²) in [4.78, 5) is 9.68. The highest BCUT2D eigenvalue weighted by Gasteiger charge is 2.35. The summed E-state index contributed by atoms with van der Waals surface area (Å²) < 4.78 is 49.8. The number of nitro benzene ring substituents is 1. The number of nitrogens with zero attached hydrogens (tertiary/aromatic N) is 1. The van der Waals surface area contributed by atoms with E-state index in [1.165, 1.54) is 6.26 Å². The normalized spacial score (nSPS) is 14.5. The summed E-state index contributed by atoms with van der Waals surface area (Å²) >= 11 is 0. The number of benzene rings is 1. The van der Waals surface area contributed by atoms with Crippen LogP contribution in [0.3, 0.4) is 0 Å². The number of alkyl halides is 3. The lowest BCUT2D eigenvalue weighted by Gasteiger charge is -2.15. The van der Waals surface area contributed by atoms with Crippen LogP contribution in [0.5, 0.6) is 0 Å². The van der Waals surface area contributed by atoms with Gasteiger partial charge < -0.3 is 5.32 Å². The molecule has 1 rings (SSSR count). The number of rotatable bonds is 6. The van der Waals surface area contributed by atoms with E-state index in [0.717, 1.165) is 12.1 Å². The molecule has 0 fully saturated rings. The molecule has 1 aromatic carbocycles. The SMILES string of the molecule is CC(CCNc1ccc([N+](=O)[O-])cc1C(F)(F)F)S(C)=O. The summed E-state index contributed by atoms with van der Waals surface area (Å²) in [6.45, 7) is 1.93. The zero-order valence-corrected chi connectivity index (χ0v) is 12.3. The molecule has 2 unspecified atom stereocenters. The van der Waals surface area contributed by atoms with Gasteiger partial charge in [0.05, 0.1) is 10.5 Å². The molecule has 0 heterocycles. The van der Waals surface area contributed by atoms with Crippen LogP contribution in [0.1, 0.15) is 18.9 Å². The molecular weight excluding hydrogens is 309 g/mol. The highest BCUT2D eigenvalue weighted by molar-refractivity contribution is 7.84. The average Bonchev–Trinajstić information content (AvgIpc) is 2.37. The highest BCUT2D eigenvalue weighted by atomic mass is 32.2. The first-order valence-corrected chi connectivity index (χ1v) is 7.66. The number of nitro groups is 1. The maximum absolute atomic E-state index is 12.9. The molecule has 1 aromatic rings. The van der Waals surface area contributed by atoms with E-state index in [1.807, 2.05) is 0 Å². The second-order valence-corrected chi connectivity index (χ2v) is 6.31. The van der Waals surface area contributed by atoms with Gasteiger partial charge >= 0.3 is 6.18 Å². The zero-order chi connectivity index (χ0) is 16.2. The van der Waals surface area contributed by atoms with Crippen LogP contribution in [0, 0.1) is 10.1 Å². The van der Waals surface area contributed by atoms with Crippen LogP contribution in [-0.2, 0) is 17.0 Å². The second kappa shape index (κ2) is 6.88. The van der Waals surface area contributed by atoms with E-state index in [2.05, 4.69) is 5.32 Å². The molecule has 9 heteroatoms. The van der Waals surface area contributed by atoms with Crippen LogP contribution in [0.25, 0.3) is 0 Å². The van der Waals surface area contributed by atoms with E-state index in [9.17, 15) is 27.5 Å². The molecule has 2 atom stereocenters. The first-order valence-electron chi connectivity index (χ1n) is 6.04. The Morgan fingerprint density at radius 3 is 2.52 bits per heavy atom. The Morgan fingerprint density at radius 1 is 1.43 bits per heavy atom. The summed E-state index contributed by atoms with van der Waals surface area (Å²) in [5.41, 5.74) is -1.92. The third kappa shape index (κ3) is 5.00. The fraction of sp³-hybridized carbons (Fsp3) is 0.500. The summed E-state index contributed by atoms with van der Waals surface area (Å²) in [5.74, 6) is 0. The predicted octanol–water partition coefficient (Wildman–Crippen LogP) is 3.18. The Hall–Kier alpha value is -1.64. The summed E-state index contributed by atoms with van der Waals surface area (Å²) in [5, 5.41) is 13.0. The molecule has 118 valence electrons. The van der Waals surface area contributed by atoms with Crippen LogP contribution < -0.4 is 5.32 Å². The Labute approximate surface area is 122 Å². The minimum Gasteiger partial charge on any atom is -0.385 e. The van der Waals surface area contributed by atoms with Crippen molar-refractivity contribution in [2.24, 2.45) is 0 Å². The maximum atomic E-state index is 12.9. The van der Waals surface area contributed by atoms with E-state index in [1.54, 1.807) is 6.92 Å². The summed E-state index contributed by atoms with van der Waals surface area (Å²) in [7, 11) is -1.05. The third-order valence-corrected chi connectivity index (χ3v) is 4.32. The summed E-state index contributed by atoms with van der Waals surface area (Å²) in [6.07, 6.45) is -2.73. The Bertz CT molecular complexity index is 549. The van der Waals surface area contributed by atoms with Crippen molar-refractivity contribution >= 4 is 22.2 Å². The Morgan fingerprint density at radius 2 is 2.05 bits per heavy atom. The van der Waals surface area contributed by atoms with E-state index in [0.29, 0.717) is 12.5 Å². The number of hydrogen-bond acceptors (Lipinski definition) is 4. The van der Waals surface area contributed by atoms with Gasteiger partial charge in [0.25, 0.3) is 5.69 Å². The topological polar surface area (TPSA) is 72.2 Å². The molecule has 0 radical (unpaired) electrons. The third-order valence-electron chi connectivity index (χ3n) is 2.95. The zero-order valence-electron chi connectivity index (χ0n) is 11.4. The molecule has 0 aliphatic carbocycles. The van der Waals surface area contributed by atoms with Gasteiger partial charge in [0.15, 0.2) is 0 Å². The molecule has 21 heavy (non-hydrogen) atoms. The van der Waals surface area contributed by atoms with Crippen molar-refractivity contribution in [3.63, 3.8) is 0 Å². The van der Waals surface area contributed by atoms with Gasteiger partial charge in [-0.3, -0.25) is 14.3 Å². The highest BCUT2D eigenvalue weighted by Crippen LogP contribution is 2.37. The van der Waals surface area contributed by atoms with Crippen LogP contribution in [0.4, 0.5) is 24.5 Å². The van der Waals surface area contributed by atoms with Gasteiger partial charge in [0.1, 0.15) is 0 Å². The average molecular weight is 324 g/mol. The Balaban J connectivity index is 2.91. The molecule has 1 N–H and O–H groups in total. The number of halogens is 3. The van der Waals surface area contributed by atoms with Crippen LogP contribution >= 0.6 is 0 Å². The molecule has 0 bridgehead atoms. The van der Waals surface area contributed by atoms with Gasteiger partial charge in [-0.25, -0.2) is 0 Å². The van der Waals surface area contributed by atoms with Crippen molar-refractivity contribution in [1.82, 2.24) is 0 Å². The lowest BCUT2D eigenvalue weighted by Crippen LogP contribution is -2.17. The molecule has 5 nitrogen and oxygen atoms in total. The standard InChI is InChI=1S/C12H15F3N2O3S/c1-8(21(2)20)5-6-16-11-4-3-9(17(18)19)7-10(11)12(13,14)15/h3-4,7-8,16H,5-6H2,1-2H3. The molecule has 0 aromatic heterocycles. The minimum atomic E-state index is -4.69. The van der Waals surface area contributed by atoms with E-state index >= 15 is 0 Å². The minimum absolute atomic E-state index is 0.148. The molecule has 0 amide bonds. The lowest BCUT2D eigenvalue weighted by molar-refractivity contribution is -0.385. The fourth-order valence-electron chi connectivity index (χ4n) is 1.61. The molecule has 0 saturated heterocycles. The molecule has 0 saturated carbocycles. The largest absolute Gasteiger partial charge is 0.418 e. The van der Waals surface area contributed by atoms with Crippen LogP contribution in [-0.4, -0.2) is 27.2 Å². The van der Waals surface area contributed by atoms with E-state index in [-0.39, 0.29) is 17.5 Å². The van der Waals surface area contributed by atoms with Gasteiger partial charge in [-0.2, -0.15) is 13.2 Å². The van der Waals surface area contributed by atoms with Gasteiger partial charge in [0, 0.05) is 46.7 Å².